The number of rotatable bonds is 18. The predicted molar refractivity (Wildman–Crippen MR) is 187 cm³/mol. The van der Waals surface area contributed by atoms with E-state index < -0.39 is 59.7 Å². The Morgan fingerprint density at radius 3 is 1.57 bits per heavy atom. The number of hydrogen-bond donors (Lipinski definition) is 8. The third-order valence-corrected chi connectivity index (χ3v) is 8.32. The predicted octanol–water partition coefficient (Wildman–Crippen LogP) is 0.651. The summed E-state index contributed by atoms with van der Waals surface area (Å²) in [4.78, 5) is 65.6. The molecule has 0 saturated carbocycles. The minimum atomic E-state index is -1.21. The van der Waals surface area contributed by atoms with Crippen molar-refractivity contribution in [1.82, 2.24) is 21.3 Å². The minimum absolute atomic E-state index is 0.0128. The fraction of sp³-hybridized carbons (Fsp3) is 0.343. The van der Waals surface area contributed by atoms with Gasteiger partial charge in [0.25, 0.3) is 0 Å². The molecule has 5 atom stereocenters. The number of phenols is 2. The molecule has 3 aromatic rings. The van der Waals surface area contributed by atoms with Gasteiger partial charge in [0.15, 0.2) is 0 Å². The van der Waals surface area contributed by atoms with Gasteiger partial charge in [0, 0.05) is 12.8 Å². The van der Waals surface area contributed by atoms with E-state index in [2.05, 4.69) is 21.3 Å². The summed E-state index contributed by atoms with van der Waals surface area (Å²) >= 11 is 1.49. The molecule has 0 aliphatic carbocycles. The third kappa shape index (κ3) is 12.8. The summed E-state index contributed by atoms with van der Waals surface area (Å²) in [7, 11) is 0. The zero-order valence-electron chi connectivity index (χ0n) is 27.4. The Labute approximate surface area is 289 Å². The second kappa shape index (κ2) is 19.1. The first-order valence-electron chi connectivity index (χ1n) is 15.7. The number of benzene rings is 3. The Morgan fingerprint density at radius 2 is 1.08 bits per heavy atom. The normalized spacial score (nSPS) is 13.9. The zero-order valence-corrected chi connectivity index (χ0v) is 28.2. The lowest BCUT2D eigenvalue weighted by atomic mass is 10.0. The number of amides is 5. The van der Waals surface area contributed by atoms with Gasteiger partial charge in [-0.15, -0.1) is 0 Å². The molecule has 14 heteroatoms. The summed E-state index contributed by atoms with van der Waals surface area (Å²) in [6.07, 6.45) is 2.38. The molecule has 0 saturated heterocycles. The second-order valence-corrected chi connectivity index (χ2v) is 12.6. The molecule has 0 aliphatic rings. The first-order valence-corrected chi connectivity index (χ1v) is 17.1. The number of nitrogens with two attached hydrogens (primary N) is 2. The quantitative estimate of drug-likeness (QED) is 0.0935. The van der Waals surface area contributed by atoms with E-state index in [0.29, 0.717) is 23.3 Å². The Hall–Kier alpha value is -5.08. The van der Waals surface area contributed by atoms with Crippen molar-refractivity contribution >= 4 is 41.3 Å². The van der Waals surface area contributed by atoms with Gasteiger partial charge in [-0.25, -0.2) is 0 Å². The van der Waals surface area contributed by atoms with Crippen molar-refractivity contribution in [3.05, 3.63) is 95.6 Å². The van der Waals surface area contributed by atoms with Crippen LogP contribution in [-0.2, 0) is 43.2 Å². The molecule has 5 unspecified atom stereocenters. The van der Waals surface area contributed by atoms with E-state index in [1.165, 1.54) is 43.0 Å². The maximum atomic E-state index is 13.9. The standard InChI is InChI=1S/C35H44N6O7S/c1-21(38-33(46)27(36)18-23-8-12-25(42)13-9-23)32(45)40-29(20-24-10-14-26(43)15-11-24)35(48)41-30(19-22-6-4-3-5-7-22)34(47)39-28(31(37)44)16-17-49-2/h3-15,21,27-30,42-43H,16-20,36H2,1-2H3,(H2,37,44)(H,38,46)(H,39,47)(H,40,45)(H,41,48). The molecule has 0 bridgehead atoms. The second-order valence-electron chi connectivity index (χ2n) is 11.6. The molecule has 0 aromatic heterocycles. The number of hydrogen-bond acceptors (Lipinski definition) is 9. The third-order valence-electron chi connectivity index (χ3n) is 7.68. The van der Waals surface area contributed by atoms with Gasteiger partial charge >= 0.3 is 0 Å². The van der Waals surface area contributed by atoms with E-state index in [1.54, 1.807) is 48.5 Å². The topological polar surface area (TPSA) is 226 Å². The van der Waals surface area contributed by atoms with Crippen molar-refractivity contribution in [2.24, 2.45) is 11.5 Å². The van der Waals surface area contributed by atoms with Crippen molar-refractivity contribution in [3.8, 4) is 11.5 Å². The SMILES string of the molecule is CSCCC(NC(=O)C(Cc1ccccc1)NC(=O)C(Cc1ccc(O)cc1)NC(=O)C(C)NC(=O)C(N)Cc1ccc(O)cc1)C(N)=O. The lowest BCUT2D eigenvalue weighted by Gasteiger charge is -2.26. The van der Waals surface area contributed by atoms with Crippen LogP contribution in [0.3, 0.4) is 0 Å². The highest BCUT2D eigenvalue weighted by molar-refractivity contribution is 7.98. The first-order chi connectivity index (χ1) is 23.4. The van der Waals surface area contributed by atoms with E-state index >= 15 is 0 Å². The molecular weight excluding hydrogens is 648 g/mol. The Bertz CT molecular complexity index is 1560. The lowest BCUT2D eigenvalue weighted by molar-refractivity contribution is -0.134. The summed E-state index contributed by atoms with van der Waals surface area (Å²) < 4.78 is 0. The number of thioether (sulfide) groups is 1. The summed E-state index contributed by atoms with van der Waals surface area (Å²) in [5, 5.41) is 29.9. The summed E-state index contributed by atoms with van der Waals surface area (Å²) in [5.74, 6) is -2.65. The maximum Gasteiger partial charge on any atom is 0.243 e. The average molecular weight is 693 g/mol. The highest BCUT2D eigenvalue weighted by atomic mass is 32.2. The number of aromatic hydroxyl groups is 2. The van der Waals surface area contributed by atoms with Crippen molar-refractivity contribution in [2.75, 3.05) is 12.0 Å². The molecule has 0 heterocycles. The molecule has 0 spiro atoms. The maximum absolute atomic E-state index is 13.9. The van der Waals surface area contributed by atoms with Crippen molar-refractivity contribution in [2.45, 2.75) is 62.8 Å². The molecule has 3 rings (SSSR count). The van der Waals surface area contributed by atoms with Gasteiger partial charge in [-0.3, -0.25) is 24.0 Å². The van der Waals surface area contributed by atoms with E-state index in [4.69, 9.17) is 11.5 Å². The summed E-state index contributed by atoms with van der Waals surface area (Å²) in [5.41, 5.74) is 13.7. The molecule has 49 heavy (non-hydrogen) atoms. The van der Waals surface area contributed by atoms with E-state index in [1.807, 2.05) is 12.3 Å². The molecule has 0 radical (unpaired) electrons. The number of carbonyl (C=O) groups excluding carboxylic acids is 5. The van der Waals surface area contributed by atoms with E-state index in [-0.39, 0.29) is 30.8 Å². The summed E-state index contributed by atoms with van der Waals surface area (Å²) in [6.45, 7) is 1.44. The number of primary amides is 1. The highest BCUT2D eigenvalue weighted by Gasteiger charge is 2.31. The Balaban J connectivity index is 1.78. The van der Waals surface area contributed by atoms with Crippen molar-refractivity contribution in [1.29, 1.82) is 0 Å². The van der Waals surface area contributed by atoms with Crippen LogP contribution in [0.1, 0.15) is 30.0 Å². The molecule has 13 nitrogen and oxygen atoms in total. The van der Waals surface area contributed by atoms with Crippen molar-refractivity contribution < 1.29 is 34.2 Å². The van der Waals surface area contributed by atoms with Gasteiger partial charge < -0.3 is 42.9 Å². The van der Waals surface area contributed by atoms with Crippen LogP contribution in [-0.4, -0.2) is 82.0 Å². The number of nitrogens with one attached hydrogen (secondary N) is 4. The Morgan fingerprint density at radius 1 is 0.633 bits per heavy atom. The van der Waals surface area contributed by atoms with Crippen LogP contribution in [0.25, 0.3) is 0 Å². The van der Waals surface area contributed by atoms with E-state index in [9.17, 15) is 34.2 Å². The highest BCUT2D eigenvalue weighted by Crippen LogP contribution is 2.14. The van der Waals surface area contributed by atoms with Crippen LogP contribution in [0.5, 0.6) is 11.5 Å². The van der Waals surface area contributed by atoms with Crippen LogP contribution >= 0.6 is 11.8 Å². The largest absolute Gasteiger partial charge is 0.508 e. The van der Waals surface area contributed by atoms with Crippen LogP contribution in [0.4, 0.5) is 0 Å². The molecule has 0 aliphatic heterocycles. The fourth-order valence-corrected chi connectivity index (χ4v) is 5.33. The average Bonchev–Trinajstić information content (AvgIpc) is 3.08. The van der Waals surface area contributed by atoms with Gasteiger partial charge in [0.05, 0.1) is 6.04 Å². The Kier molecular flexibility index (Phi) is 14.9. The van der Waals surface area contributed by atoms with Gasteiger partial charge in [-0.1, -0.05) is 54.6 Å². The minimum Gasteiger partial charge on any atom is -0.508 e. The van der Waals surface area contributed by atoms with Crippen LogP contribution in [0, 0.1) is 0 Å². The van der Waals surface area contributed by atoms with Crippen LogP contribution in [0.15, 0.2) is 78.9 Å². The van der Waals surface area contributed by atoms with Gasteiger partial charge in [0.2, 0.25) is 29.5 Å². The van der Waals surface area contributed by atoms with Crippen LogP contribution in [0.2, 0.25) is 0 Å². The van der Waals surface area contributed by atoms with Gasteiger partial charge in [-0.05, 0) is 72.7 Å². The lowest BCUT2D eigenvalue weighted by Crippen LogP contribution is -2.59. The molecule has 10 N–H and O–H groups in total. The first kappa shape index (κ1) is 38.4. The van der Waals surface area contributed by atoms with Crippen LogP contribution < -0.4 is 32.7 Å². The fourth-order valence-electron chi connectivity index (χ4n) is 4.86. The smallest absolute Gasteiger partial charge is 0.243 e. The molecule has 5 amide bonds. The van der Waals surface area contributed by atoms with E-state index in [0.717, 1.165) is 5.56 Å². The van der Waals surface area contributed by atoms with Gasteiger partial charge in [-0.2, -0.15) is 11.8 Å². The molecule has 0 fully saturated rings. The zero-order chi connectivity index (χ0) is 35.9. The molecule has 262 valence electrons. The summed E-state index contributed by atoms with van der Waals surface area (Å²) in [6, 6.07) is 15.9. The van der Waals surface area contributed by atoms with Crippen molar-refractivity contribution in [3.63, 3.8) is 0 Å². The molecular formula is C35H44N6O7S. The van der Waals surface area contributed by atoms with Gasteiger partial charge in [0.1, 0.15) is 35.7 Å². The number of phenolic OH excluding ortho intramolecular Hbond substituents is 2. The molecule has 3 aromatic carbocycles. The monoisotopic (exact) mass is 692 g/mol. The number of carbonyl (C=O) groups is 5.